The Balaban J connectivity index is 1.08. The largest absolute Gasteiger partial charge is 0.480 e. The van der Waals surface area contributed by atoms with Gasteiger partial charge in [-0.2, -0.15) is 0 Å². The van der Waals surface area contributed by atoms with E-state index in [0.29, 0.717) is 58.4 Å². The summed E-state index contributed by atoms with van der Waals surface area (Å²) in [6.45, 7) is 5.83. The quantitative estimate of drug-likeness (QED) is 0.457. The molecule has 4 aliphatic rings. The topological polar surface area (TPSA) is 119 Å². The third kappa shape index (κ3) is 5.51. The smallest absolute Gasteiger partial charge is 0.321 e. The monoisotopic (exact) mass is 636 g/mol. The lowest BCUT2D eigenvalue weighted by atomic mass is 9.81. The van der Waals surface area contributed by atoms with E-state index in [9.17, 15) is 37.9 Å². The van der Waals surface area contributed by atoms with Crippen molar-refractivity contribution in [2.45, 2.75) is 70.0 Å². The van der Waals surface area contributed by atoms with E-state index in [-0.39, 0.29) is 22.3 Å². The molecule has 12 heteroatoms. The summed E-state index contributed by atoms with van der Waals surface area (Å²) in [7, 11) is 0. The molecule has 0 radical (unpaired) electrons. The van der Waals surface area contributed by atoms with Crippen molar-refractivity contribution in [2.75, 3.05) is 32.7 Å². The van der Waals surface area contributed by atoms with Gasteiger partial charge in [0.25, 0.3) is 23.6 Å². The zero-order chi connectivity index (χ0) is 32.9. The maximum absolute atomic E-state index is 15.0. The first-order valence-corrected chi connectivity index (χ1v) is 15.8. The van der Waals surface area contributed by atoms with Crippen molar-refractivity contribution in [2.24, 2.45) is 5.41 Å². The number of nitrogens with zero attached hydrogens (tertiary/aromatic N) is 4. The SMILES string of the molecule is CC(C)(CN1CCC(N2C(=O)c3ccccc3C(F)C2=O)CC1)C(C(=O)O)N1CCC(N2C(=O)c3ccccc3C(F)C2=O)CC1. The van der Waals surface area contributed by atoms with Crippen molar-refractivity contribution in [3.8, 4) is 0 Å². The molecule has 2 aromatic rings. The first-order chi connectivity index (χ1) is 21.9. The number of rotatable bonds is 7. The molecule has 0 saturated carbocycles. The molecule has 6 rings (SSSR count). The number of carboxylic acids is 1. The second-order valence-electron chi connectivity index (χ2n) is 13.4. The first kappa shape index (κ1) is 31.9. The number of alkyl halides is 2. The highest BCUT2D eigenvalue weighted by molar-refractivity contribution is 6.12. The van der Waals surface area contributed by atoms with Gasteiger partial charge in [0.05, 0.1) is 0 Å². The van der Waals surface area contributed by atoms with E-state index in [1.165, 1.54) is 24.3 Å². The fraction of sp³-hybridized carbons (Fsp3) is 0.500. The van der Waals surface area contributed by atoms with E-state index in [2.05, 4.69) is 4.90 Å². The molecule has 1 N–H and O–H groups in total. The van der Waals surface area contributed by atoms with Gasteiger partial charge in [-0.05, 0) is 37.8 Å². The maximum atomic E-state index is 15.0. The summed E-state index contributed by atoms with van der Waals surface area (Å²) in [5.41, 5.74) is -0.176. The number of hydrogen-bond acceptors (Lipinski definition) is 7. The number of piperidine rings is 2. The molecule has 3 atom stereocenters. The lowest BCUT2D eigenvalue weighted by Crippen LogP contribution is -2.60. The van der Waals surface area contributed by atoms with Crippen molar-refractivity contribution in [1.82, 2.24) is 19.6 Å². The average molecular weight is 637 g/mol. The number of amides is 4. The van der Waals surface area contributed by atoms with Gasteiger partial charge in [-0.3, -0.25) is 38.7 Å². The third-order valence-electron chi connectivity index (χ3n) is 10.0. The Labute approximate surface area is 265 Å². The summed E-state index contributed by atoms with van der Waals surface area (Å²) in [6, 6.07) is 10.6. The average Bonchev–Trinajstić information content (AvgIpc) is 3.04. The number of carboxylic acid groups (broad SMARTS) is 1. The maximum Gasteiger partial charge on any atom is 0.321 e. The number of benzene rings is 2. The van der Waals surface area contributed by atoms with Crippen LogP contribution in [0.1, 0.15) is 83.7 Å². The summed E-state index contributed by atoms with van der Waals surface area (Å²) < 4.78 is 30.0. The molecule has 2 aromatic carbocycles. The van der Waals surface area contributed by atoms with Crippen molar-refractivity contribution in [3.63, 3.8) is 0 Å². The Kier molecular flexibility index (Phi) is 8.53. The van der Waals surface area contributed by atoms with Crippen LogP contribution in [0, 0.1) is 5.41 Å². The van der Waals surface area contributed by atoms with Gasteiger partial charge >= 0.3 is 5.97 Å². The molecule has 2 fully saturated rings. The molecule has 10 nitrogen and oxygen atoms in total. The van der Waals surface area contributed by atoms with E-state index in [4.69, 9.17) is 0 Å². The third-order valence-corrected chi connectivity index (χ3v) is 10.0. The van der Waals surface area contributed by atoms with Crippen LogP contribution in [0.15, 0.2) is 48.5 Å². The van der Waals surface area contributed by atoms with Crippen molar-refractivity contribution >= 4 is 29.6 Å². The Hall–Kier alpha value is -4.03. The van der Waals surface area contributed by atoms with Gasteiger partial charge in [0.15, 0.2) is 0 Å². The fourth-order valence-electron chi connectivity index (χ4n) is 7.87. The lowest BCUT2D eigenvalue weighted by Gasteiger charge is -2.47. The molecule has 244 valence electrons. The Morgan fingerprint density at radius 2 is 1.17 bits per heavy atom. The van der Waals surface area contributed by atoms with Crippen LogP contribution in [0.2, 0.25) is 0 Å². The lowest BCUT2D eigenvalue weighted by molar-refractivity contribution is -0.151. The molecule has 0 bridgehead atoms. The van der Waals surface area contributed by atoms with Gasteiger partial charge in [0, 0.05) is 72.5 Å². The van der Waals surface area contributed by atoms with Crippen molar-refractivity contribution < 1.29 is 37.9 Å². The summed E-state index contributed by atoms with van der Waals surface area (Å²) in [6.07, 6.45) is -2.25. The summed E-state index contributed by atoms with van der Waals surface area (Å²) >= 11 is 0. The predicted molar refractivity (Wildman–Crippen MR) is 162 cm³/mol. The van der Waals surface area contributed by atoms with Crippen LogP contribution in [-0.2, 0) is 14.4 Å². The van der Waals surface area contributed by atoms with Crippen molar-refractivity contribution in [1.29, 1.82) is 0 Å². The highest BCUT2D eigenvalue weighted by atomic mass is 19.1. The predicted octanol–water partition coefficient (Wildman–Crippen LogP) is 3.78. The van der Waals surface area contributed by atoms with Gasteiger partial charge in [0.1, 0.15) is 6.04 Å². The van der Waals surface area contributed by atoms with Gasteiger partial charge in [0.2, 0.25) is 12.3 Å². The van der Waals surface area contributed by atoms with E-state index in [1.807, 2.05) is 18.7 Å². The van der Waals surface area contributed by atoms with Crippen LogP contribution in [0.5, 0.6) is 0 Å². The second-order valence-corrected chi connectivity index (χ2v) is 13.4. The number of aliphatic carboxylic acids is 1. The number of carbonyl (C=O) groups excluding carboxylic acids is 4. The van der Waals surface area contributed by atoms with E-state index in [0.717, 1.165) is 9.80 Å². The molecule has 2 saturated heterocycles. The van der Waals surface area contributed by atoms with Crippen LogP contribution in [0.4, 0.5) is 8.78 Å². The Bertz CT molecular complexity index is 1570. The molecule has 0 aromatic heterocycles. The van der Waals surface area contributed by atoms with Crippen LogP contribution in [0.25, 0.3) is 0 Å². The first-order valence-electron chi connectivity index (χ1n) is 15.8. The van der Waals surface area contributed by atoms with Gasteiger partial charge in [-0.1, -0.05) is 50.2 Å². The molecule has 46 heavy (non-hydrogen) atoms. The highest BCUT2D eigenvalue weighted by Gasteiger charge is 2.47. The van der Waals surface area contributed by atoms with Gasteiger partial charge in [-0.25, -0.2) is 8.78 Å². The minimum atomic E-state index is -1.91. The Morgan fingerprint density at radius 3 is 1.61 bits per heavy atom. The van der Waals surface area contributed by atoms with Crippen LogP contribution >= 0.6 is 0 Å². The molecule has 0 spiro atoms. The van der Waals surface area contributed by atoms with Crippen LogP contribution in [0.3, 0.4) is 0 Å². The zero-order valence-corrected chi connectivity index (χ0v) is 25.9. The molecule has 3 unspecified atom stereocenters. The molecule has 0 aliphatic carbocycles. The van der Waals surface area contributed by atoms with E-state index >= 15 is 0 Å². The number of hydrogen-bond donors (Lipinski definition) is 1. The number of imide groups is 2. The van der Waals surface area contributed by atoms with E-state index in [1.54, 1.807) is 24.3 Å². The zero-order valence-electron chi connectivity index (χ0n) is 25.9. The number of fused-ring (bicyclic) bond motifs is 2. The normalized spacial score (nSPS) is 24.6. The van der Waals surface area contributed by atoms with Crippen LogP contribution < -0.4 is 0 Å². The van der Waals surface area contributed by atoms with Crippen LogP contribution in [-0.4, -0.2) is 105 Å². The minimum absolute atomic E-state index is 0.0778. The summed E-state index contributed by atoms with van der Waals surface area (Å²) in [4.78, 5) is 70.8. The molecule has 4 heterocycles. The molecular formula is C34H38F2N4O6. The van der Waals surface area contributed by atoms with Gasteiger partial charge in [-0.15, -0.1) is 0 Å². The summed E-state index contributed by atoms with van der Waals surface area (Å²) in [5.74, 6) is -3.71. The van der Waals surface area contributed by atoms with Crippen molar-refractivity contribution in [3.05, 3.63) is 70.8 Å². The number of likely N-dealkylation sites (tertiary alicyclic amines) is 2. The summed E-state index contributed by atoms with van der Waals surface area (Å²) in [5, 5.41) is 10.4. The van der Waals surface area contributed by atoms with Gasteiger partial charge < -0.3 is 10.0 Å². The highest BCUT2D eigenvalue weighted by Crippen LogP contribution is 2.37. The Morgan fingerprint density at radius 1 is 0.761 bits per heavy atom. The standard InChI is InChI=1S/C34H38F2N4O6/c1-34(2,19-37-15-11-20(12-16-37)39-29(41)24-9-5-3-7-22(24)26(35)31(39)43)28(33(45)46)38-17-13-21(14-18-38)40-30(42)25-10-6-4-8-23(25)27(36)32(40)44/h3-10,20-21,26-28H,11-19H2,1-2H3,(H,45,46). The fourth-order valence-corrected chi connectivity index (χ4v) is 7.87. The number of carbonyl (C=O) groups is 5. The minimum Gasteiger partial charge on any atom is -0.480 e. The molecule has 4 aliphatic heterocycles. The molecular weight excluding hydrogens is 598 g/mol. The van der Waals surface area contributed by atoms with E-state index < -0.39 is 65.5 Å². The number of halogens is 2. The molecule has 4 amide bonds. The second kappa shape index (κ2) is 12.3.